The minimum absolute atomic E-state index is 0.129. The molecule has 6 heteroatoms. The summed E-state index contributed by atoms with van der Waals surface area (Å²) in [7, 11) is 0. The van der Waals surface area contributed by atoms with Gasteiger partial charge in [0.15, 0.2) is 0 Å². The molecule has 0 bridgehead atoms. The number of nitrogens with zero attached hydrogens (tertiary/aromatic N) is 2. The molecular formula is C22H30ClN3O2. The van der Waals surface area contributed by atoms with Crippen LogP contribution in [0.4, 0.5) is 0 Å². The van der Waals surface area contributed by atoms with Gasteiger partial charge in [0.2, 0.25) is 11.8 Å². The summed E-state index contributed by atoms with van der Waals surface area (Å²) in [6, 6.07) is 7.54. The molecule has 3 rings (SSSR count). The molecular weight excluding hydrogens is 374 g/mol. The zero-order valence-electron chi connectivity index (χ0n) is 17.0. The lowest BCUT2D eigenvalue weighted by atomic mass is 9.95. The molecule has 1 aromatic heterocycles. The van der Waals surface area contributed by atoms with E-state index in [0.29, 0.717) is 16.8 Å². The molecule has 0 saturated carbocycles. The third-order valence-corrected chi connectivity index (χ3v) is 5.55. The number of hydrogen-bond donors (Lipinski definition) is 1. The van der Waals surface area contributed by atoms with E-state index in [-0.39, 0.29) is 11.8 Å². The monoisotopic (exact) mass is 403 g/mol. The molecule has 1 N–H and O–H groups in total. The highest BCUT2D eigenvalue weighted by Gasteiger charge is 2.26. The van der Waals surface area contributed by atoms with E-state index in [0.717, 1.165) is 62.5 Å². The Morgan fingerprint density at radius 2 is 2.11 bits per heavy atom. The molecule has 2 aromatic rings. The van der Waals surface area contributed by atoms with Crippen LogP contribution in [0, 0.1) is 18.8 Å². The highest BCUT2D eigenvalue weighted by atomic mass is 35.5. The Balaban J connectivity index is 1.52. The van der Waals surface area contributed by atoms with E-state index in [9.17, 15) is 4.79 Å². The lowest BCUT2D eigenvalue weighted by Crippen LogP contribution is -2.40. The Morgan fingerprint density at radius 3 is 2.79 bits per heavy atom. The van der Waals surface area contributed by atoms with E-state index >= 15 is 0 Å². The lowest BCUT2D eigenvalue weighted by Gasteiger charge is -2.30. The number of carbonyl (C=O) groups excluding carboxylic acids is 1. The highest BCUT2D eigenvalue weighted by molar-refractivity contribution is 6.30. The van der Waals surface area contributed by atoms with Crippen molar-refractivity contribution < 1.29 is 9.21 Å². The third kappa shape index (κ3) is 5.58. The fourth-order valence-corrected chi connectivity index (χ4v) is 3.70. The van der Waals surface area contributed by atoms with Crippen LogP contribution in [-0.4, -0.2) is 35.4 Å². The largest absolute Gasteiger partial charge is 0.441 e. The molecule has 28 heavy (non-hydrogen) atoms. The number of rotatable bonds is 7. The zero-order valence-corrected chi connectivity index (χ0v) is 17.8. The second kappa shape index (κ2) is 9.57. The fourth-order valence-electron chi connectivity index (χ4n) is 3.51. The van der Waals surface area contributed by atoms with Crippen LogP contribution in [0.2, 0.25) is 5.02 Å². The van der Waals surface area contributed by atoms with Gasteiger partial charge in [-0.25, -0.2) is 4.98 Å². The summed E-state index contributed by atoms with van der Waals surface area (Å²) in [4.78, 5) is 19.4. The predicted octanol–water partition coefficient (Wildman–Crippen LogP) is 4.68. The van der Waals surface area contributed by atoms with Crippen LogP contribution in [0.25, 0.3) is 11.5 Å². The summed E-state index contributed by atoms with van der Waals surface area (Å²) in [6.07, 6.45) is 2.82. The van der Waals surface area contributed by atoms with Gasteiger partial charge >= 0.3 is 0 Å². The summed E-state index contributed by atoms with van der Waals surface area (Å²) in [5.74, 6) is 2.40. The van der Waals surface area contributed by atoms with Gasteiger partial charge in [-0.1, -0.05) is 31.5 Å². The average molecular weight is 404 g/mol. The summed E-state index contributed by atoms with van der Waals surface area (Å²) in [6.45, 7) is 9.63. The van der Waals surface area contributed by atoms with Crippen molar-refractivity contribution in [3.8, 4) is 11.5 Å². The molecule has 0 aliphatic carbocycles. The van der Waals surface area contributed by atoms with Crippen LogP contribution in [0.15, 0.2) is 28.7 Å². The minimum Gasteiger partial charge on any atom is -0.441 e. The average Bonchev–Trinajstić information content (AvgIpc) is 3.02. The first-order valence-electron chi connectivity index (χ1n) is 10.1. The normalized spacial score (nSPS) is 15.9. The van der Waals surface area contributed by atoms with Crippen LogP contribution in [0.5, 0.6) is 0 Å². The number of aromatic nitrogens is 1. The first-order valence-corrected chi connectivity index (χ1v) is 10.5. The number of likely N-dealkylation sites (tertiary alicyclic amines) is 1. The number of nitrogens with one attached hydrogen (secondary N) is 1. The van der Waals surface area contributed by atoms with Crippen molar-refractivity contribution in [1.29, 1.82) is 0 Å². The number of aryl methyl sites for hydroxylation is 1. The van der Waals surface area contributed by atoms with Gasteiger partial charge in [0.05, 0.1) is 5.69 Å². The molecule has 0 spiro atoms. The molecule has 1 fully saturated rings. The Bertz CT molecular complexity index is 795. The molecule has 1 aliphatic heterocycles. The highest BCUT2D eigenvalue weighted by Crippen LogP contribution is 2.26. The molecule has 0 unspecified atom stereocenters. The Morgan fingerprint density at radius 1 is 1.36 bits per heavy atom. The first-order chi connectivity index (χ1) is 13.4. The summed E-state index contributed by atoms with van der Waals surface area (Å²) >= 11 is 6.07. The predicted molar refractivity (Wildman–Crippen MR) is 112 cm³/mol. The van der Waals surface area contributed by atoms with Gasteiger partial charge in [0.1, 0.15) is 5.76 Å². The standard InChI is InChI=1S/C22H30ClN3O2/c1-15(2)7-10-24-21(27)17-8-11-26(12-9-17)14-20-16(3)28-22(25-20)18-5-4-6-19(23)13-18/h4-6,13,15,17H,7-12,14H2,1-3H3,(H,24,27). The molecule has 5 nitrogen and oxygen atoms in total. The van der Waals surface area contributed by atoms with Crippen molar-refractivity contribution >= 4 is 17.5 Å². The molecule has 152 valence electrons. The number of benzene rings is 1. The Labute approximate surface area is 172 Å². The number of oxazole rings is 1. The maximum atomic E-state index is 12.3. The second-order valence-corrected chi connectivity index (χ2v) is 8.49. The molecule has 0 radical (unpaired) electrons. The molecule has 1 amide bonds. The van der Waals surface area contributed by atoms with E-state index in [1.807, 2.05) is 31.2 Å². The smallest absolute Gasteiger partial charge is 0.226 e. The van der Waals surface area contributed by atoms with Crippen LogP contribution >= 0.6 is 11.6 Å². The summed E-state index contributed by atoms with van der Waals surface area (Å²) < 4.78 is 5.86. The minimum atomic E-state index is 0.129. The second-order valence-electron chi connectivity index (χ2n) is 8.06. The third-order valence-electron chi connectivity index (χ3n) is 5.32. The van der Waals surface area contributed by atoms with Gasteiger partial charge in [-0.15, -0.1) is 0 Å². The topological polar surface area (TPSA) is 58.4 Å². The van der Waals surface area contributed by atoms with Gasteiger partial charge in [-0.05, 0) is 63.4 Å². The van der Waals surface area contributed by atoms with Crippen molar-refractivity contribution in [2.75, 3.05) is 19.6 Å². The number of piperidine rings is 1. The lowest BCUT2D eigenvalue weighted by molar-refractivity contribution is -0.126. The molecule has 2 heterocycles. The Kier molecular flexibility index (Phi) is 7.13. The fraction of sp³-hybridized carbons (Fsp3) is 0.545. The van der Waals surface area contributed by atoms with Crippen molar-refractivity contribution in [3.63, 3.8) is 0 Å². The maximum Gasteiger partial charge on any atom is 0.226 e. The number of amides is 1. The maximum absolute atomic E-state index is 12.3. The van der Waals surface area contributed by atoms with E-state index in [4.69, 9.17) is 16.0 Å². The van der Waals surface area contributed by atoms with E-state index in [2.05, 4.69) is 29.0 Å². The number of halogens is 1. The van der Waals surface area contributed by atoms with Crippen LogP contribution in [0.3, 0.4) is 0 Å². The van der Waals surface area contributed by atoms with Crippen molar-refractivity contribution in [2.45, 2.75) is 46.6 Å². The summed E-state index contributed by atoms with van der Waals surface area (Å²) in [5, 5.41) is 3.76. The van der Waals surface area contributed by atoms with Gasteiger partial charge in [-0.3, -0.25) is 9.69 Å². The van der Waals surface area contributed by atoms with E-state index in [1.54, 1.807) is 0 Å². The van der Waals surface area contributed by atoms with Crippen molar-refractivity contribution in [1.82, 2.24) is 15.2 Å². The number of hydrogen-bond acceptors (Lipinski definition) is 4. The molecule has 0 atom stereocenters. The van der Waals surface area contributed by atoms with Gasteiger partial charge in [-0.2, -0.15) is 0 Å². The van der Waals surface area contributed by atoms with E-state index in [1.165, 1.54) is 0 Å². The first kappa shape index (κ1) is 20.9. The molecule has 1 aromatic carbocycles. The van der Waals surface area contributed by atoms with Crippen LogP contribution in [0.1, 0.15) is 44.6 Å². The molecule has 1 aliphatic rings. The van der Waals surface area contributed by atoms with Gasteiger partial charge in [0, 0.05) is 29.6 Å². The van der Waals surface area contributed by atoms with Crippen LogP contribution < -0.4 is 5.32 Å². The van der Waals surface area contributed by atoms with E-state index < -0.39 is 0 Å². The van der Waals surface area contributed by atoms with Crippen LogP contribution in [-0.2, 0) is 11.3 Å². The van der Waals surface area contributed by atoms with Crippen molar-refractivity contribution in [3.05, 3.63) is 40.7 Å². The zero-order chi connectivity index (χ0) is 20.1. The van der Waals surface area contributed by atoms with Gasteiger partial charge < -0.3 is 9.73 Å². The number of carbonyl (C=O) groups is 1. The van der Waals surface area contributed by atoms with Gasteiger partial charge in [0.25, 0.3) is 0 Å². The quantitative estimate of drug-likeness (QED) is 0.729. The molecule has 1 saturated heterocycles. The van der Waals surface area contributed by atoms with Crippen molar-refractivity contribution in [2.24, 2.45) is 11.8 Å². The SMILES string of the molecule is Cc1oc(-c2cccc(Cl)c2)nc1CN1CCC(C(=O)NCCC(C)C)CC1. The summed E-state index contributed by atoms with van der Waals surface area (Å²) in [5.41, 5.74) is 1.84. The Hall–Kier alpha value is -1.85.